The Hall–Kier alpha value is -3.69. The fourth-order valence-electron chi connectivity index (χ4n) is 3.03. The van der Waals surface area contributed by atoms with E-state index in [1.807, 2.05) is 6.92 Å². The molecule has 0 unspecified atom stereocenters. The Morgan fingerprint density at radius 2 is 1.64 bits per heavy atom. The van der Waals surface area contributed by atoms with Crippen LogP contribution in [0.5, 0.6) is 5.75 Å². The van der Waals surface area contributed by atoms with Crippen molar-refractivity contribution in [2.75, 3.05) is 19.0 Å². The van der Waals surface area contributed by atoms with Gasteiger partial charge in [-0.3, -0.25) is 4.79 Å². The molecule has 33 heavy (non-hydrogen) atoms. The van der Waals surface area contributed by atoms with Gasteiger partial charge in [0.1, 0.15) is 5.75 Å². The summed E-state index contributed by atoms with van der Waals surface area (Å²) in [5.41, 5.74) is 0.884. The van der Waals surface area contributed by atoms with Gasteiger partial charge in [-0.1, -0.05) is 48.5 Å². The highest BCUT2D eigenvalue weighted by Crippen LogP contribution is 2.27. The third-order valence-corrected chi connectivity index (χ3v) is 6.07. The lowest BCUT2D eigenvalue weighted by Gasteiger charge is -2.19. The molecule has 0 saturated carbocycles. The lowest BCUT2D eigenvalue weighted by atomic mass is 10.1. The Morgan fingerprint density at radius 1 is 0.939 bits per heavy atom. The number of ether oxygens (including phenoxy) is 2. The van der Waals surface area contributed by atoms with Gasteiger partial charge < -0.3 is 14.8 Å². The van der Waals surface area contributed by atoms with Crippen molar-refractivity contribution < 1.29 is 27.5 Å². The van der Waals surface area contributed by atoms with Gasteiger partial charge in [-0.15, -0.1) is 0 Å². The summed E-state index contributed by atoms with van der Waals surface area (Å²) in [4.78, 5) is 25.9. The molecule has 0 aliphatic rings. The number of hydrogen-bond acceptors (Lipinski definition) is 6. The number of benzene rings is 3. The number of hydrogen-bond donors (Lipinski definition) is 2. The number of anilines is 1. The molecule has 3 aromatic carbocycles. The summed E-state index contributed by atoms with van der Waals surface area (Å²) in [5.74, 6) is -0.942. The minimum Gasteiger partial charge on any atom is -0.492 e. The number of sulfonamides is 1. The average Bonchev–Trinajstić information content (AvgIpc) is 2.84. The van der Waals surface area contributed by atoms with Gasteiger partial charge in [-0.05, 0) is 44.3 Å². The Kier molecular flexibility index (Phi) is 7.81. The first-order chi connectivity index (χ1) is 15.9. The van der Waals surface area contributed by atoms with Crippen LogP contribution in [-0.2, 0) is 19.6 Å². The number of nitrogens with one attached hydrogen (secondary N) is 2. The second-order valence-corrected chi connectivity index (χ2v) is 8.74. The molecule has 0 saturated heterocycles. The molecule has 0 spiro atoms. The molecule has 3 rings (SSSR count). The maximum Gasteiger partial charge on any atom is 0.339 e. The van der Waals surface area contributed by atoms with E-state index in [1.165, 1.54) is 31.3 Å². The molecule has 0 fully saturated rings. The predicted molar refractivity (Wildman–Crippen MR) is 124 cm³/mol. The van der Waals surface area contributed by atoms with Crippen molar-refractivity contribution in [1.29, 1.82) is 0 Å². The van der Waals surface area contributed by atoms with E-state index in [2.05, 4.69) is 10.0 Å². The van der Waals surface area contributed by atoms with Crippen LogP contribution in [0.4, 0.5) is 5.69 Å². The van der Waals surface area contributed by atoms with Crippen LogP contribution in [0.1, 0.15) is 28.9 Å². The summed E-state index contributed by atoms with van der Waals surface area (Å²) in [6.45, 7) is 2.24. The van der Waals surface area contributed by atoms with Gasteiger partial charge in [-0.25, -0.2) is 17.9 Å². The van der Waals surface area contributed by atoms with Crippen molar-refractivity contribution in [3.63, 3.8) is 0 Å². The Labute approximate surface area is 192 Å². The Balaban J connectivity index is 1.89. The molecule has 1 atom stereocenters. The second-order valence-electron chi connectivity index (χ2n) is 6.85. The molecule has 0 radical (unpaired) electrons. The lowest BCUT2D eigenvalue weighted by molar-refractivity contribution is -0.125. The first-order valence-electron chi connectivity index (χ1n) is 10.2. The van der Waals surface area contributed by atoms with Crippen molar-refractivity contribution in [3.05, 3.63) is 90.0 Å². The molecule has 0 aliphatic carbocycles. The third kappa shape index (κ3) is 5.97. The first-order valence-corrected chi connectivity index (χ1v) is 11.7. The van der Waals surface area contributed by atoms with Crippen LogP contribution in [0, 0.1) is 0 Å². The first kappa shape index (κ1) is 24.0. The zero-order valence-electron chi connectivity index (χ0n) is 18.1. The van der Waals surface area contributed by atoms with Crippen molar-refractivity contribution in [2.24, 2.45) is 0 Å². The van der Waals surface area contributed by atoms with E-state index in [0.717, 1.165) is 0 Å². The summed E-state index contributed by atoms with van der Waals surface area (Å²) in [6, 6.07) is 20.9. The van der Waals surface area contributed by atoms with Gasteiger partial charge in [-0.2, -0.15) is 0 Å². The molecule has 2 N–H and O–H groups in total. The van der Waals surface area contributed by atoms with Crippen molar-refractivity contribution in [2.45, 2.75) is 17.9 Å². The van der Waals surface area contributed by atoms with E-state index in [-0.39, 0.29) is 10.5 Å². The van der Waals surface area contributed by atoms with Gasteiger partial charge >= 0.3 is 5.97 Å². The smallest absolute Gasteiger partial charge is 0.339 e. The fraction of sp³-hybridized carbons (Fsp3) is 0.167. The molecular weight excluding hydrogens is 444 g/mol. The van der Waals surface area contributed by atoms with Crippen molar-refractivity contribution in [1.82, 2.24) is 4.72 Å². The molecular formula is C24H24N2O6S. The minimum absolute atomic E-state index is 0.00484. The standard InChI is InChI=1S/C24H24N2O6S/c1-3-31-21-15-8-7-14-20(21)26-23(27)22(17-10-5-4-6-11-17)32-24(28)18-12-9-13-19(16-18)33(29,30)25-2/h4-16,22,25H,3H2,1-2H3,(H,26,27)/t22-/m1/s1. The molecule has 0 bridgehead atoms. The molecule has 0 aliphatic heterocycles. The van der Waals surface area contributed by atoms with Gasteiger partial charge in [0.25, 0.3) is 5.91 Å². The summed E-state index contributed by atoms with van der Waals surface area (Å²) in [6.07, 6.45) is -1.28. The lowest BCUT2D eigenvalue weighted by Crippen LogP contribution is -2.26. The Bertz CT molecular complexity index is 1230. The third-order valence-electron chi connectivity index (χ3n) is 4.66. The Morgan fingerprint density at radius 3 is 2.33 bits per heavy atom. The van der Waals surface area contributed by atoms with Crippen LogP contribution in [0.2, 0.25) is 0 Å². The SMILES string of the molecule is CCOc1ccccc1NC(=O)[C@H](OC(=O)c1cccc(S(=O)(=O)NC)c1)c1ccccc1. The van der Waals surface area contributed by atoms with Crippen LogP contribution < -0.4 is 14.8 Å². The maximum atomic E-state index is 13.2. The van der Waals surface area contributed by atoms with E-state index in [1.54, 1.807) is 54.6 Å². The molecule has 8 nitrogen and oxygen atoms in total. The van der Waals surface area contributed by atoms with Crippen molar-refractivity contribution in [3.8, 4) is 5.75 Å². The molecule has 0 heterocycles. The maximum absolute atomic E-state index is 13.2. The zero-order valence-corrected chi connectivity index (χ0v) is 19.0. The van der Waals surface area contributed by atoms with E-state index in [4.69, 9.17) is 9.47 Å². The minimum atomic E-state index is -3.75. The van der Waals surface area contributed by atoms with Crippen LogP contribution in [0.15, 0.2) is 83.8 Å². The van der Waals surface area contributed by atoms with E-state index in [0.29, 0.717) is 23.6 Å². The molecule has 172 valence electrons. The van der Waals surface area contributed by atoms with Crippen LogP contribution in [-0.4, -0.2) is 33.9 Å². The molecule has 3 aromatic rings. The van der Waals surface area contributed by atoms with Gasteiger partial charge in [0, 0.05) is 5.56 Å². The number of rotatable bonds is 9. The van der Waals surface area contributed by atoms with E-state index < -0.39 is 28.0 Å². The number of amides is 1. The number of esters is 1. The summed E-state index contributed by atoms with van der Waals surface area (Å²) in [5, 5.41) is 2.75. The normalized spacial score (nSPS) is 11.9. The fourth-order valence-corrected chi connectivity index (χ4v) is 3.81. The van der Waals surface area contributed by atoms with Gasteiger partial charge in [0.2, 0.25) is 16.1 Å². The average molecular weight is 469 g/mol. The summed E-state index contributed by atoms with van der Waals surface area (Å²) >= 11 is 0. The molecule has 0 aromatic heterocycles. The van der Waals surface area contributed by atoms with E-state index >= 15 is 0 Å². The number of carbonyl (C=O) groups is 2. The monoisotopic (exact) mass is 468 g/mol. The second kappa shape index (κ2) is 10.8. The van der Waals surface area contributed by atoms with Crippen LogP contribution in [0.3, 0.4) is 0 Å². The van der Waals surface area contributed by atoms with Crippen LogP contribution in [0.25, 0.3) is 0 Å². The molecule has 1 amide bonds. The van der Waals surface area contributed by atoms with Crippen LogP contribution >= 0.6 is 0 Å². The topological polar surface area (TPSA) is 111 Å². The highest BCUT2D eigenvalue weighted by Gasteiger charge is 2.27. The molecule has 9 heteroatoms. The van der Waals surface area contributed by atoms with Gasteiger partial charge in [0.05, 0.1) is 22.8 Å². The number of para-hydroxylation sites is 2. The predicted octanol–water partition coefficient (Wildman–Crippen LogP) is 3.53. The summed E-state index contributed by atoms with van der Waals surface area (Å²) in [7, 11) is -2.48. The number of carbonyl (C=O) groups excluding carboxylic acids is 2. The van der Waals surface area contributed by atoms with Crippen molar-refractivity contribution >= 4 is 27.6 Å². The van der Waals surface area contributed by atoms with Gasteiger partial charge in [0.15, 0.2) is 0 Å². The zero-order chi connectivity index (χ0) is 23.8. The highest BCUT2D eigenvalue weighted by molar-refractivity contribution is 7.89. The highest BCUT2D eigenvalue weighted by atomic mass is 32.2. The quantitative estimate of drug-likeness (QED) is 0.465. The summed E-state index contributed by atoms with van der Waals surface area (Å²) < 4.78 is 37.4. The van der Waals surface area contributed by atoms with E-state index in [9.17, 15) is 18.0 Å². The largest absolute Gasteiger partial charge is 0.492 e.